The number of carbonyl (C=O) groups excluding carboxylic acids is 1. The Kier molecular flexibility index (Phi) is 8.74. The molecule has 1 saturated heterocycles. The number of fused-ring (bicyclic) bond motifs is 1. The molecule has 37 heavy (non-hydrogen) atoms. The lowest BCUT2D eigenvalue weighted by Gasteiger charge is -2.31. The smallest absolute Gasteiger partial charge is 0.466 e. The molecular formula is C22H23BrClN2O10P. The Bertz CT molecular complexity index is 1360. The molecule has 0 amide bonds. The number of aliphatic hydroxyl groups is 1. The van der Waals surface area contributed by atoms with E-state index in [2.05, 4.69) is 20.9 Å². The molecule has 2 unspecified atom stereocenters. The van der Waals surface area contributed by atoms with Crippen LogP contribution in [-0.4, -0.2) is 46.0 Å². The molecule has 0 radical (unpaired) electrons. The Hall–Kier alpha value is -2.25. The average molecular weight is 622 g/mol. The summed E-state index contributed by atoms with van der Waals surface area (Å²) in [6, 6.07) is 4.66. The summed E-state index contributed by atoms with van der Waals surface area (Å²) in [6.45, 7) is 1.37. The number of aromatic nitrogens is 2. The summed E-state index contributed by atoms with van der Waals surface area (Å²) in [4.78, 5) is 40.0. The Labute approximate surface area is 223 Å². The number of phosphoric acid groups is 1. The van der Waals surface area contributed by atoms with Gasteiger partial charge in [0, 0.05) is 18.2 Å². The number of ether oxygens (including phenoxy) is 2. The average Bonchev–Trinajstić information content (AvgIpc) is 3.19. The first kappa shape index (κ1) is 27.8. The van der Waals surface area contributed by atoms with E-state index >= 15 is 0 Å². The molecule has 4 rings (SSSR count). The molecular weight excluding hydrogens is 599 g/mol. The van der Waals surface area contributed by atoms with Gasteiger partial charge in [0.05, 0.1) is 36.3 Å². The van der Waals surface area contributed by atoms with E-state index in [1.807, 2.05) is 0 Å². The number of rotatable bonds is 8. The fraction of sp³-hybridized carbons (Fsp3) is 0.409. The molecule has 0 aliphatic carbocycles. The largest absolute Gasteiger partial charge is 0.530 e. The van der Waals surface area contributed by atoms with E-state index in [1.54, 1.807) is 19.1 Å². The zero-order valence-corrected chi connectivity index (χ0v) is 22.6. The molecule has 1 fully saturated rings. The van der Waals surface area contributed by atoms with Crippen LogP contribution in [0.15, 0.2) is 39.0 Å². The number of H-pyrrole nitrogens is 1. The van der Waals surface area contributed by atoms with Gasteiger partial charge in [0.2, 0.25) is 0 Å². The molecule has 3 heterocycles. The highest BCUT2D eigenvalue weighted by atomic mass is 79.9. The van der Waals surface area contributed by atoms with Crippen LogP contribution in [0.1, 0.15) is 43.2 Å². The maximum Gasteiger partial charge on any atom is 0.530 e. The molecule has 12 nitrogen and oxygen atoms in total. The number of aromatic amines is 1. The number of nitrogens with zero attached hydrogens (tertiary/aromatic N) is 1. The summed E-state index contributed by atoms with van der Waals surface area (Å²) in [5, 5.41) is 10.8. The topological polar surface area (TPSA) is 155 Å². The highest BCUT2D eigenvalue weighted by Gasteiger charge is 2.44. The van der Waals surface area contributed by atoms with E-state index in [0.717, 1.165) is 4.57 Å². The molecule has 0 saturated carbocycles. The minimum atomic E-state index is -4.29. The third-order valence-corrected chi connectivity index (χ3v) is 7.60. The highest BCUT2D eigenvalue weighted by molar-refractivity contribution is 9.11. The van der Waals surface area contributed by atoms with Gasteiger partial charge in [0.15, 0.2) is 0 Å². The van der Waals surface area contributed by atoms with Crippen LogP contribution in [0.3, 0.4) is 0 Å². The standard InChI is InChI=1S/C22H23BrClN2O10P/c1-2-32-19(28)9-16-20-13(24)4-3-5-15(20)35-37(31,36-16)33-11-17-14(27)8-18(34-17)26-10-12(6-7-23)21(29)25-22(26)30/h3-7,10,14,16-18,27H,2,8-9,11H2,1H3,(H,25,29,30)/b7-6+/t14-,16?,17+,18+,37?/m0/s1. The first-order valence-electron chi connectivity index (χ1n) is 11.2. The molecule has 0 spiro atoms. The molecule has 1 aromatic heterocycles. The van der Waals surface area contributed by atoms with Gasteiger partial charge in [-0.15, -0.1) is 0 Å². The molecule has 200 valence electrons. The van der Waals surface area contributed by atoms with E-state index in [9.17, 15) is 24.1 Å². The van der Waals surface area contributed by atoms with Gasteiger partial charge in [-0.3, -0.25) is 28.2 Å². The van der Waals surface area contributed by atoms with Crippen molar-refractivity contribution in [3.8, 4) is 5.75 Å². The Balaban J connectivity index is 1.49. The molecule has 0 bridgehead atoms. The van der Waals surface area contributed by atoms with Crippen LogP contribution in [0, 0.1) is 0 Å². The zero-order valence-electron chi connectivity index (χ0n) is 19.4. The Morgan fingerprint density at radius 2 is 2.19 bits per heavy atom. The van der Waals surface area contributed by atoms with Crippen LogP contribution >= 0.6 is 35.4 Å². The number of hydrogen-bond donors (Lipinski definition) is 2. The van der Waals surface area contributed by atoms with E-state index in [-0.39, 0.29) is 35.8 Å². The van der Waals surface area contributed by atoms with E-state index in [1.165, 1.54) is 23.3 Å². The summed E-state index contributed by atoms with van der Waals surface area (Å²) in [5.74, 6) is -0.473. The summed E-state index contributed by atoms with van der Waals surface area (Å²) in [5.41, 5.74) is -0.793. The van der Waals surface area contributed by atoms with Gasteiger partial charge in [0.1, 0.15) is 24.2 Å². The van der Waals surface area contributed by atoms with Crippen LogP contribution in [0.5, 0.6) is 5.75 Å². The molecule has 2 aliphatic heterocycles. The fourth-order valence-corrected chi connectivity index (χ4v) is 5.88. The van der Waals surface area contributed by atoms with Crippen molar-refractivity contribution in [2.45, 2.75) is 44.3 Å². The van der Waals surface area contributed by atoms with E-state index < -0.39 is 56.2 Å². The molecule has 2 aliphatic rings. The number of aliphatic hydroxyl groups excluding tert-OH is 1. The predicted molar refractivity (Wildman–Crippen MR) is 135 cm³/mol. The SMILES string of the molecule is CCOC(=O)CC1OP(=O)(OC[C@H]2O[C@@H](n3cc(/C=C/Br)c(=O)[nH]c3=O)C[C@@H]2O)Oc2cccc(Cl)c21. The second-order valence-electron chi connectivity index (χ2n) is 8.06. The number of hydrogen-bond acceptors (Lipinski definition) is 10. The second kappa shape index (κ2) is 11.6. The van der Waals surface area contributed by atoms with Crippen molar-refractivity contribution < 1.29 is 37.5 Å². The number of phosphoric ester groups is 1. The van der Waals surface area contributed by atoms with Crippen LogP contribution in [0.2, 0.25) is 5.02 Å². The maximum absolute atomic E-state index is 13.4. The quantitative estimate of drug-likeness (QED) is 0.331. The van der Waals surface area contributed by atoms with Crippen LogP contribution < -0.4 is 15.8 Å². The molecule has 1 aromatic carbocycles. The molecule has 2 aromatic rings. The minimum Gasteiger partial charge on any atom is -0.466 e. The lowest BCUT2D eigenvalue weighted by Crippen LogP contribution is -2.33. The van der Waals surface area contributed by atoms with Crippen LogP contribution in [0.25, 0.3) is 6.08 Å². The fourth-order valence-electron chi connectivity index (χ4n) is 3.93. The van der Waals surface area contributed by atoms with Crippen molar-refractivity contribution >= 4 is 47.4 Å². The van der Waals surface area contributed by atoms with E-state index in [4.69, 9.17) is 34.6 Å². The van der Waals surface area contributed by atoms with Crippen molar-refractivity contribution in [2.24, 2.45) is 0 Å². The first-order valence-corrected chi connectivity index (χ1v) is 13.9. The second-order valence-corrected chi connectivity index (χ2v) is 10.5. The monoisotopic (exact) mass is 620 g/mol. The van der Waals surface area contributed by atoms with Crippen molar-refractivity contribution in [3.05, 3.63) is 66.4 Å². The number of carbonyl (C=O) groups is 1. The van der Waals surface area contributed by atoms with Crippen molar-refractivity contribution in [3.63, 3.8) is 0 Å². The lowest BCUT2D eigenvalue weighted by atomic mass is 10.1. The predicted octanol–water partition coefficient (Wildman–Crippen LogP) is 3.43. The Morgan fingerprint density at radius 1 is 1.41 bits per heavy atom. The molecule has 5 atom stereocenters. The normalized spacial score (nSPS) is 27.1. The third-order valence-electron chi connectivity index (χ3n) is 5.61. The van der Waals surface area contributed by atoms with E-state index in [0.29, 0.717) is 5.56 Å². The van der Waals surface area contributed by atoms with Gasteiger partial charge < -0.3 is 19.1 Å². The zero-order chi connectivity index (χ0) is 26.7. The maximum atomic E-state index is 13.4. The van der Waals surface area contributed by atoms with Crippen molar-refractivity contribution in [2.75, 3.05) is 13.2 Å². The first-order chi connectivity index (χ1) is 17.6. The number of esters is 1. The van der Waals surface area contributed by atoms with Crippen LogP contribution in [-0.2, 0) is 27.9 Å². The van der Waals surface area contributed by atoms with Gasteiger partial charge in [-0.25, -0.2) is 9.36 Å². The summed E-state index contributed by atoms with van der Waals surface area (Å²) < 4.78 is 41.8. The number of halogens is 2. The van der Waals surface area contributed by atoms with Gasteiger partial charge in [0.25, 0.3) is 5.56 Å². The van der Waals surface area contributed by atoms with Crippen molar-refractivity contribution in [1.29, 1.82) is 0 Å². The lowest BCUT2D eigenvalue weighted by molar-refractivity contribution is -0.145. The molecule has 2 N–H and O–H groups in total. The van der Waals surface area contributed by atoms with Gasteiger partial charge >= 0.3 is 19.5 Å². The Morgan fingerprint density at radius 3 is 2.92 bits per heavy atom. The number of nitrogens with one attached hydrogen (secondary N) is 1. The van der Waals surface area contributed by atoms with Crippen LogP contribution in [0.4, 0.5) is 0 Å². The molecule has 15 heteroatoms. The van der Waals surface area contributed by atoms with Gasteiger partial charge in [-0.05, 0) is 30.1 Å². The van der Waals surface area contributed by atoms with Gasteiger partial charge in [-0.2, -0.15) is 0 Å². The summed E-state index contributed by atoms with van der Waals surface area (Å²) >= 11 is 9.34. The highest BCUT2D eigenvalue weighted by Crippen LogP contribution is 2.60. The van der Waals surface area contributed by atoms with Crippen molar-refractivity contribution in [1.82, 2.24) is 9.55 Å². The minimum absolute atomic E-state index is 0.00656. The summed E-state index contributed by atoms with van der Waals surface area (Å²) in [7, 11) is -4.29. The third kappa shape index (κ3) is 6.26. The summed E-state index contributed by atoms with van der Waals surface area (Å²) in [6.07, 6.45) is -1.66. The number of benzene rings is 1. The van der Waals surface area contributed by atoms with Gasteiger partial charge in [-0.1, -0.05) is 33.6 Å².